The van der Waals surface area contributed by atoms with Crippen molar-refractivity contribution < 1.29 is 9.90 Å². The van der Waals surface area contributed by atoms with Crippen molar-refractivity contribution in [3.8, 4) is 0 Å². The Labute approximate surface area is 104 Å². The topological polar surface area (TPSA) is 40.5 Å². The van der Waals surface area contributed by atoms with Crippen LogP contribution in [0, 0.1) is 11.8 Å². The first-order valence-electron chi connectivity index (χ1n) is 7.12. The van der Waals surface area contributed by atoms with Gasteiger partial charge in [0, 0.05) is 32.0 Å². The summed E-state index contributed by atoms with van der Waals surface area (Å²) in [6, 6.07) is 0. The van der Waals surface area contributed by atoms with Crippen molar-refractivity contribution in [2.75, 3.05) is 19.6 Å². The predicted octanol–water partition coefficient (Wildman–Crippen LogP) is 1.84. The summed E-state index contributed by atoms with van der Waals surface area (Å²) in [6.45, 7) is 4.84. The van der Waals surface area contributed by atoms with E-state index < -0.39 is 0 Å². The maximum Gasteiger partial charge on any atom is 0.137 e. The third-order valence-corrected chi connectivity index (χ3v) is 4.30. The van der Waals surface area contributed by atoms with Crippen LogP contribution in [-0.2, 0) is 4.79 Å². The van der Waals surface area contributed by atoms with Gasteiger partial charge in [0.1, 0.15) is 5.78 Å². The number of likely N-dealkylation sites (tertiary alicyclic amines) is 1. The van der Waals surface area contributed by atoms with Crippen molar-refractivity contribution in [2.24, 2.45) is 11.8 Å². The quantitative estimate of drug-likeness (QED) is 0.814. The minimum absolute atomic E-state index is 0.167. The van der Waals surface area contributed by atoms with Gasteiger partial charge in [0.2, 0.25) is 0 Å². The Morgan fingerprint density at radius 1 is 1.41 bits per heavy atom. The van der Waals surface area contributed by atoms with Crippen LogP contribution in [0.15, 0.2) is 0 Å². The summed E-state index contributed by atoms with van der Waals surface area (Å²) >= 11 is 0. The van der Waals surface area contributed by atoms with Gasteiger partial charge >= 0.3 is 0 Å². The van der Waals surface area contributed by atoms with Crippen LogP contribution in [0.25, 0.3) is 0 Å². The molecule has 0 bridgehead atoms. The SMILES string of the molecule is CCCC1CCC(=O)C(CN2CCC(O)C2)C1. The second kappa shape index (κ2) is 5.96. The molecule has 1 saturated carbocycles. The third-order valence-electron chi connectivity index (χ3n) is 4.30. The van der Waals surface area contributed by atoms with E-state index in [0.717, 1.165) is 51.2 Å². The summed E-state index contributed by atoms with van der Waals surface area (Å²) in [5.41, 5.74) is 0. The molecule has 1 aliphatic heterocycles. The van der Waals surface area contributed by atoms with E-state index in [1.165, 1.54) is 12.8 Å². The van der Waals surface area contributed by atoms with Gasteiger partial charge in [-0.1, -0.05) is 19.8 Å². The number of Topliss-reactive ketones (excluding diaryl/α,β-unsaturated/α-hetero) is 1. The molecule has 98 valence electrons. The summed E-state index contributed by atoms with van der Waals surface area (Å²) in [6.07, 6.45) is 6.18. The summed E-state index contributed by atoms with van der Waals surface area (Å²) < 4.78 is 0. The smallest absolute Gasteiger partial charge is 0.137 e. The molecule has 1 heterocycles. The van der Waals surface area contributed by atoms with E-state index in [4.69, 9.17) is 0 Å². The minimum atomic E-state index is -0.167. The van der Waals surface area contributed by atoms with Crippen LogP contribution in [0.5, 0.6) is 0 Å². The first-order chi connectivity index (χ1) is 8.19. The molecule has 3 heteroatoms. The molecule has 1 saturated heterocycles. The van der Waals surface area contributed by atoms with Crippen molar-refractivity contribution in [2.45, 2.75) is 51.6 Å². The zero-order valence-corrected chi connectivity index (χ0v) is 10.9. The molecule has 0 radical (unpaired) electrons. The van der Waals surface area contributed by atoms with Gasteiger partial charge in [0.05, 0.1) is 6.10 Å². The van der Waals surface area contributed by atoms with E-state index in [-0.39, 0.29) is 12.0 Å². The fourth-order valence-electron chi connectivity index (χ4n) is 3.34. The molecule has 0 aromatic rings. The van der Waals surface area contributed by atoms with Gasteiger partial charge in [0.25, 0.3) is 0 Å². The van der Waals surface area contributed by atoms with Crippen LogP contribution in [0.2, 0.25) is 0 Å². The average molecular weight is 239 g/mol. The van der Waals surface area contributed by atoms with Gasteiger partial charge in [-0.25, -0.2) is 0 Å². The molecule has 0 aromatic carbocycles. The third kappa shape index (κ3) is 3.52. The van der Waals surface area contributed by atoms with Crippen LogP contribution in [0.1, 0.15) is 45.4 Å². The van der Waals surface area contributed by atoms with Gasteiger partial charge < -0.3 is 5.11 Å². The van der Waals surface area contributed by atoms with E-state index in [0.29, 0.717) is 5.78 Å². The first kappa shape index (κ1) is 13.0. The van der Waals surface area contributed by atoms with Crippen molar-refractivity contribution in [1.82, 2.24) is 4.90 Å². The van der Waals surface area contributed by atoms with E-state index >= 15 is 0 Å². The van der Waals surface area contributed by atoms with Gasteiger partial charge in [-0.15, -0.1) is 0 Å². The Kier molecular flexibility index (Phi) is 4.57. The highest BCUT2D eigenvalue weighted by molar-refractivity contribution is 5.81. The lowest BCUT2D eigenvalue weighted by atomic mass is 9.78. The van der Waals surface area contributed by atoms with Crippen molar-refractivity contribution >= 4 is 5.78 Å². The number of carbonyl (C=O) groups excluding carboxylic acids is 1. The van der Waals surface area contributed by atoms with Crippen LogP contribution >= 0.6 is 0 Å². The lowest BCUT2D eigenvalue weighted by Crippen LogP contribution is -2.36. The second-order valence-electron chi connectivity index (χ2n) is 5.79. The van der Waals surface area contributed by atoms with E-state index in [2.05, 4.69) is 11.8 Å². The highest BCUT2D eigenvalue weighted by Crippen LogP contribution is 2.30. The van der Waals surface area contributed by atoms with Crippen LogP contribution < -0.4 is 0 Å². The number of ketones is 1. The molecule has 3 atom stereocenters. The fraction of sp³-hybridized carbons (Fsp3) is 0.929. The number of β-amino-alcohol motifs (C(OH)–C–C–N with tert-alkyl or cyclic N) is 1. The van der Waals surface area contributed by atoms with Gasteiger partial charge in [-0.2, -0.15) is 0 Å². The molecule has 1 N–H and O–H groups in total. The number of rotatable bonds is 4. The lowest BCUT2D eigenvalue weighted by Gasteiger charge is -2.30. The minimum Gasteiger partial charge on any atom is -0.392 e. The Hall–Kier alpha value is -0.410. The molecular formula is C14H25NO2. The number of aliphatic hydroxyl groups is 1. The van der Waals surface area contributed by atoms with E-state index in [1.807, 2.05) is 0 Å². The van der Waals surface area contributed by atoms with E-state index in [1.54, 1.807) is 0 Å². The normalized spacial score (nSPS) is 35.4. The van der Waals surface area contributed by atoms with E-state index in [9.17, 15) is 9.90 Å². The van der Waals surface area contributed by atoms with Gasteiger partial charge in [-0.3, -0.25) is 9.69 Å². The number of carbonyl (C=O) groups is 1. The number of hydrogen-bond acceptors (Lipinski definition) is 3. The van der Waals surface area contributed by atoms with Gasteiger partial charge in [0.15, 0.2) is 0 Å². The maximum absolute atomic E-state index is 11.9. The molecule has 0 aromatic heterocycles. The molecule has 0 spiro atoms. The van der Waals surface area contributed by atoms with Gasteiger partial charge in [-0.05, 0) is 25.2 Å². The highest BCUT2D eigenvalue weighted by atomic mass is 16.3. The molecule has 1 aliphatic carbocycles. The first-order valence-corrected chi connectivity index (χ1v) is 7.12. The molecular weight excluding hydrogens is 214 g/mol. The molecule has 2 fully saturated rings. The monoisotopic (exact) mass is 239 g/mol. The van der Waals surface area contributed by atoms with Crippen LogP contribution in [0.4, 0.5) is 0 Å². The molecule has 17 heavy (non-hydrogen) atoms. The molecule has 2 aliphatic rings. The zero-order valence-electron chi connectivity index (χ0n) is 10.9. The second-order valence-corrected chi connectivity index (χ2v) is 5.79. The molecule has 3 nitrogen and oxygen atoms in total. The molecule has 0 amide bonds. The highest BCUT2D eigenvalue weighted by Gasteiger charge is 2.31. The summed E-state index contributed by atoms with van der Waals surface area (Å²) in [4.78, 5) is 14.2. The Morgan fingerprint density at radius 2 is 2.24 bits per heavy atom. The number of aliphatic hydroxyl groups excluding tert-OH is 1. The molecule has 3 unspecified atom stereocenters. The average Bonchev–Trinajstić information content (AvgIpc) is 2.69. The molecule has 2 rings (SSSR count). The zero-order chi connectivity index (χ0) is 12.3. The lowest BCUT2D eigenvalue weighted by molar-refractivity contribution is -0.126. The number of nitrogens with zero attached hydrogens (tertiary/aromatic N) is 1. The Balaban J connectivity index is 1.83. The van der Waals surface area contributed by atoms with Crippen LogP contribution in [0.3, 0.4) is 0 Å². The Morgan fingerprint density at radius 3 is 2.88 bits per heavy atom. The predicted molar refractivity (Wildman–Crippen MR) is 67.8 cm³/mol. The fourth-order valence-corrected chi connectivity index (χ4v) is 3.34. The standard InChI is InChI=1S/C14H25NO2/c1-2-3-11-4-5-14(17)12(8-11)9-15-7-6-13(16)10-15/h11-13,16H,2-10H2,1H3. The number of hydrogen-bond donors (Lipinski definition) is 1. The van der Waals surface area contributed by atoms with Crippen LogP contribution in [-0.4, -0.2) is 41.5 Å². The Bertz CT molecular complexity index is 267. The summed E-state index contributed by atoms with van der Waals surface area (Å²) in [7, 11) is 0. The summed E-state index contributed by atoms with van der Waals surface area (Å²) in [5.74, 6) is 1.46. The van der Waals surface area contributed by atoms with Crippen molar-refractivity contribution in [3.63, 3.8) is 0 Å². The maximum atomic E-state index is 11.9. The van der Waals surface area contributed by atoms with Crippen molar-refractivity contribution in [1.29, 1.82) is 0 Å². The summed E-state index contributed by atoms with van der Waals surface area (Å²) in [5, 5.41) is 9.50. The van der Waals surface area contributed by atoms with Crippen molar-refractivity contribution in [3.05, 3.63) is 0 Å². The largest absolute Gasteiger partial charge is 0.392 e.